The van der Waals surface area contributed by atoms with Crippen molar-refractivity contribution in [3.8, 4) is 5.69 Å². The maximum atomic E-state index is 13.2. The van der Waals surface area contributed by atoms with Gasteiger partial charge in [-0.2, -0.15) is 0 Å². The molecule has 0 bridgehead atoms. The summed E-state index contributed by atoms with van der Waals surface area (Å²) in [5.74, 6) is 0.524. The molecular weight excluding hydrogens is 372 g/mol. The molecule has 1 aromatic heterocycles. The number of benzene rings is 1. The number of rotatable bonds is 7. The molecule has 1 heterocycles. The molecule has 0 aliphatic heterocycles. The van der Waals surface area contributed by atoms with Crippen molar-refractivity contribution in [2.75, 3.05) is 25.1 Å². The van der Waals surface area contributed by atoms with E-state index >= 15 is 0 Å². The third-order valence-electron chi connectivity index (χ3n) is 2.76. The monoisotopic (exact) mass is 389 g/mol. The summed E-state index contributed by atoms with van der Waals surface area (Å²) in [5, 5.41) is 3.27. The first-order valence-electron chi connectivity index (χ1n) is 6.52. The Morgan fingerprint density at radius 1 is 1.45 bits per heavy atom. The lowest BCUT2D eigenvalue weighted by atomic mass is 10.3. The van der Waals surface area contributed by atoms with Crippen LogP contribution >= 0.6 is 22.6 Å². The minimum atomic E-state index is -0.232. The van der Waals surface area contributed by atoms with Crippen LogP contribution in [0, 0.1) is 9.39 Å². The first-order valence-corrected chi connectivity index (χ1v) is 7.60. The van der Waals surface area contributed by atoms with Crippen LogP contribution in [0.25, 0.3) is 5.69 Å². The van der Waals surface area contributed by atoms with Gasteiger partial charge in [-0.25, -0.2) is 9.37 Å². The number of hydrogen-bond acceptors (Lipinski definition) is 3. The van der Waals surface area contributed by atoms with Gasteiger partial charge in [0, 0.05) is 35.7 Å². The van der Waals surface area contributed by atoms with E-state index in [4.69, 9.17) is 4.74 Å². The van der Waals surface area contributed by atoms with Crippen molar-refractivity contribution in [3.63, 3.8) is 0 Å². The van der Waals surface area contributed by atoms with Crippen LogP contribution in [0.5, 0.6) is 0 Å². The summed E-state index contributed by atoms with van der Waals surface area (Å²) in [6.45, 7) is 4.24. The van der Waals surface area contributed by atoms with Gasteiger partial charge in [-0.15, -0.1) is 0 Å². The zero-order chi connectivity index (χ0) is 14.4. The van der Waals surface area contributed by atoms with Crippen molar-refractivity contribution in [1.29, 1.82) is 0 Å². The number of halogens is 2. The fraction of sp³-hybridized carbons (Fsp3) is 0.357. The molecule has 2 rings (SSSR count). The smallest absolute Gasteiger partial charge is 0.207 e. The molecular formula is C14H17FIN3O. The van der Waals surface area contributed by atoms with Gasteiger partial charge in [0.2, 0.25) is 5.95 Å². The first kappa shape index (κ1) is 15.2. The second-order valence-electron chi connectivity index (χ2n) is 4.19. The van der Waals surface area contributed by atoms with E-state index in [0.29, 0.717) is 0 Å². The fourth-order valence-electron chi connectivity index (χ4n) is 1.82. The molecule has 0 amide bonds. The molecule has 1 N–H and O–H groups in total. The highest BCUT2D eigenvalue weighted by Crippen LogP contribution is 2.21. The molecule has 6 heteroatoms. The van der Waals surface area contributed by atoms with Crippen LogP contribution in [0.2, 0.25) is 0 Å². The van der Waals surface area contributed by atoms with Gasteiger partial charge in [-0.05, 0) is 54.1 Å². The molecule has 108 valence electrons. The molecule has 0 radical (unpaired) electrons. The molecule has 0 unspecified atom stereocenters. The van der Waals surface area contributed by atoms with Crippen LogP contribution in [0.4, 0.5) is 10.3 Å². The fourth-order valence-corrected chi connectivity index (χ4v) is 2.56. The van der Waals surface area contributed by atoms with Gasteiger partial charge >= 0.3 is 0 Å². The molecule has 0 saturated carbocycles. The third-order valence-corrected chi connectivity index (χ3v) is 3.63. The van der Waals surface area contributed by atoms with Crippen LogP contribution in [0.3, 0.4) is 0 Å². The number of aromatic nitrogens is 2. The Morgan fingerprint density at radius 2 is 2.30 bits per heavy atom. The summed E-state index contributed by atoms with van der Waals surface area (Å²) in [7, 11) is 0. The predicted molar refractivity (Wildman–Crippen MR) is 85.8 cm³/mol. The van der Waals surface area contributed by atoms with Crippen molar-refractivity contribution in [2.45, 2.75) is 13.3 Å². The SMILES string of the molecule is CCOCCCNc1nccn1-c1ccc(F)cc1I. The number of nitrogens with one attached hydrogen (secondary N) is 1. The van der Waals surface area contributed by atoms with Crippen LogP contribution < -0.4 is 5.32 Å². The number of hydrogen-bond donors (Lipinski definition) is 1. The van der Waals surface area contributed by atoms with E-state index in [9.17, 15) is 4.39 Å². The summed E-state index contributed by atoms with van der Waals surface area (Å²) in [5.41, 5.74) is 0.914. The lowest BCUT2D eigenvalue weighted by Crippen LogP contribution is -2.10. The highest BCUT2D eigenvalue weighted by molar-refractivity contribution is 14.1. The standard InChI is InChI=1S/C14H17FIN3O/c1-2-20-9-3-6-17-14-18-7-8-19(14)13-5-4-11(15)10-12(13)16/h4-5,7-8,10H,2-3,6,9H2,1H3,(H,17,18). The minimum Gasteiger partial charge on any atom is -0.382 e. The summed E-state index contributed by atoms with van der Waals surface area (Å²) < 4.78 is 21.2. The maximum absolute atomic E-state index is 13.2. The Labute approximate surface area is 131 Å². The molecule has 20 heavy (non-hydrogen) atoms. The average molecular weight is 389 g/mol. The minimum absolute atomic E-state index is 0.232. The second-order valence-corrected chi connectivity index (χ2v) is 5.36. The van der Waals surface area contributed by atoms with Crippen LogP contribution in [0.1, 0.15) is 13.3 Å². The summed E-state index contributed by atoms with van der Waals surface area (Å²) in [4.78, 5) is 4.29. The largest absolute Gasteiger partial charge is 0.382 e. The van der Waals surface area contributed by atoms with Crippen molar-refractivity contribution in [1.82, 2.24) is 9.55 Å². The van der Waals surface area contributed by atoms with Crippen LogP contribution in [0.15, 0.2) is 30.6 Å². The molecule has 0 aliphatic rings. The number of anilines is 1. The van der Waals surface area contributed by atoms with Gasteiger partial charge in [0.05, 0.1) is 5.69 Å². The molecule has 2 aromatic rings. The third kappa shape index (κ3) is 3.92. The van der Waals surface area contributed by atoms with E-state index in [1.165, 1.54) is 12.1 Å². The number of nitrogens with zero attached hydrogens (tertiary/aromatic N) is 2. The molecule has 4 nitrogen and oxygen atoms in total. The molecule has 0 atom stereocenters. The summed E-state index contributed by atoms with van der Waals surface area (Å²) in [6.07, 6.45) is 4.51. The van der Waals surface area contributed by atoms with Crippen molar-refractivity contribution >= 4 is 28.5 Å². The van der Waals surface area contributed by atoms with E-state index < -0.39 is 0 Å². The Hall–Kier alpha value is -1.15. The Morgan fingerprint density at radius 3 is 3.05 bits per heavy atom. The predicted octanol–water partition coefficient (Wildman–Crippen LogP) is 3.45. The first-order chi connectivity index (χ1) is 9.72. The lowest BCUT2D eigenvalue weighted by molar-refractivity contribution is 0.147. The van der Waals surface area contributed by atoms with E-state index in [1.54, 1.807) is 12.3 Å². The maximum Gasteiger partial charge on any atom is 0.207 e. The van der Waals surface area contributed by atoms with Gasteiger partial charge < -0.3 is 10.1 Å². The highest BCUT2D eigenvalue weighted by Gasteiger charge is 2.08. The van der Waals surface area contributed by atoms with E-state index in [0.717, 1.165) is 41.4 Å². The van der Waals surface area contributed by atoms with Gasteiger partial charge in [0.1, 0.15) is 5.82 Å². The molecule has 0 fully saturated rings. The van der Waals surface area contributed by atoms with Crippen LogP contribution in [-0.4, -0.2) is 29.3 Å². The van der Waals surface area contributed by atoms with E-state index in [2.05, 4.69) is 32.9 Å². The van der Waals surface area contributed by atoms with Gasteiger partial charge in [0.25, 0.3) is 0 Å². The van der Waals surface area contributed by atoms with E-state index in [-0.39, 0.29) is 5.82 Å². The van der Waals surface area contributed by atoms with Crippen molar-refractivity contribution in [2.24, 2.45) is 0 Å². The van der Waals surface area contributed by atoms with E-state index in [1.807, 2.05) is 17.7 Å². The zero-order valence-corrected chi connectivity index (χ0v) is 13.4. The number of ether oxygens (including phenoxy) is 1. The van der Waals surface area contributed by atoms with Gasteiger partial charge in [0.15, 0.2) is 0 Å². The molecule has 0 spiro atoms. The molecule has 1 aromatic carbocycles. The topological polar surface area (TPSA) is 39.1 Å². The van der Waals surface area contributed by atoms with Crippen molar-refractivity contribution in [3.05, 3.63) is 40.0 Å². The van der Waals surface area contributed by atoms with Crippen molar-refractivity contribution < 1.29 is 9.13 Å². The average Bonchev–Trinajstić information content (AvgIpc) is 2.87. The molecule has 0 saturated heterocycles. The Balaban J connectivity index is 2.04. The summed E-state index contributed by atoms with van der Waals surface area (Å²) >= 11 is 2.12. The van der Waals surface area contributed by atoms with Gasteiger partial charge in [-0.1, -0.05) is 0 Å². The summed E-state index contributed by atoms with van der Waals surface area (Å²) in [6, 6.07) is 4.72. The Bertz CT molecular complexity index is 559. The highest BCUT2D eigenvalue weighted by atomic mass is 127. The second kappa shape index (κ2) is 7.58. The quantitative estimate of drug-likeness (QED) is 0.583. The number of imidazole rings is 1. The van der Waals surface area contributed by atoms with Gasteiger partial charge in [-0.3, -0.25) is 4.57 Å². The Kier molecular flexibility index (Phi) is 5.78. The van der Waals surface area contributed by atoms with Crippen LogP contribution in [-0.2, 0) is 4.74 Å². The molecule has 0 aliphatic carbocycles. The lowest BCUT2D eigenvalue weighted by Gasteiger charge is -2.11. The zero-order valence-electron chi connectivity index (χ0n) is 11.3. The normalized spacial score (nSPS) is 10.8.